The first-order valence-corrected chi connectivity index (χ1v) is 28.5. The third-order valence-corrected chi connectivity index (χ3v) is 12.6. The fraction of sp³-hybridized carbons (Fsp3) is 0.864. The van der Waals surface area contributed by atoms with Gasteiger partial charge in [0.2, 0.25) is 0 Å². The summed E-state index contributed by atoms with van der Waals surface area (Å²) in [5.74, 6) is -0.397. The molecule has 0 aromatic carbocycles. The van der Waals surface area contributed by atoms with Crippen LogP contribution in [-0.2, 0) is 23.8 Å². The van der Waals surface area contributed by atoms with Crippen LogP contribution in [0.3, 0.4) is 0 Å². The molecule has 0 N–H and O–H groups in total. The van der Waals surface area contributed by atoms with Gasteiger partial charge in [0.05, 0.1) is 6.61 Å². The first kappa shape index (κ1) is 62.1. The fourth-order valence-electron chi connectivity index (χ4n) is 8.35. The van der Waals surface area contributed by atoms with Gasteiger partial charge < -0.3 is 14.2 Å². The Morgan fingerprint density at radius 3 is 1.12 bits per heavy atom. The number of unbranched alkanes of at least 4 members (excludes halogenated alkanes) is 36. The first-order chi connectivity index (χ1) is 31.6. The van der Waals surface area contributed by atoms with Crippen LogP contribution in [0.25, 0.3) is 0 Å². The predicted molar refractivity (Wildman–Crippen MR) is 279 cm³/mol. The maximum Gasteiger partial charge on any atom is 0.306 e. The molecule has 0 aliphatic heterocycles. The van der Waals surface area contributed by atoms with Crippen LogP contribution in [0.2, 0.25) is 0 Å². The molecule has 0 aliphatic carbocycles. The van der Waals surface area contributed by atoms with E-state index in [4.69, 9.17) is 14.2 Å². The first-order valence-electron chi connectivity index (χ1n) is 28.5. The van der Waals surface area contributed by atoms with Gasteiger partial charge in [-0.3, -0.25) is 9.59 Å². The van der Waals surface area contributed by atoms with Crippen molar-refractivity contribution in [2.45, 2.75) is 309 Å². The van der Waals surface area contributed by atoms with E-state index in [0.717, 1.165) is 51.4 Å². The van der Waals surface area contributed by atoms with Crippen molar-refractivity contribution in [3.63, 3.8) is 0 Å². The summed E-state index contributed by atoms with van der Waals surface area (Å²) < 4.78 is 17.5. The van der Waals surface area contributed by atoms with E-state index in [1.54, 1.807) is 0 Å². The molecule has 0 saturated heterocycles. The highest BCUT2D eigenvalue weighted by Crippen LogP contribution is 2.16. The Labute approximate surface area is 400 Å². The zero-order chi connectivity index (χ0) is 46.3. The minimum absolute atomic E-state index is 0.0848. The summed E-state index contributed by atoms with van der Waals surface area (Å²) in [6, 6.07) is 0. The lowest BCUT2D eigenvalue weighted by atomic mass is 10.0. The van der Waals surface area contributed by atoms with Gasteiger partial charge in [0.15, 0.2) is 6.10 Å². The number of esters is 2. The van der Waals surface area contributed by atoms with Crippen LogP contribution in [-0.4, -0.2) is 37.9 Å². The van der Waals surface area contributed by atoms with E-state index >= 15 is 0 Å². The van der Waals surface area contributed by atoms with Crippen LogP contribution in [0.5, 0.6) is 0 Å². The Morgan fingerprint density at radius 2 is 0.672 bits per heavy atom. The largest absolute Gasteiger partial charge is 0.462 e. The third-order valence-electron chi connectivity index (χ3n) is 12.6. The molecule has 0 saturated carbocycles. The van der Waals surface area contributed by atoms with Crippen LogP contribution >= 0.6 is 0 Å². The Morgan fingerprint density at radius 1 is 0.344 bits per heavy atom. The van der Waals surface area contributed by atoms with E-state index in [9.17, 15) is 9.59 Å². The van der Waals surface area contributed by atoms with Gasteiger partial charge in [-0.2, -0.15) is 0 Å². The zero-order valence-corrected chi connectivity index (χ0v) is 43.3. The summed E-state index contributed by atoms with van der Waals surface area (Å²) in [5.41, 5.74) is 0. The Hall–Kier alpha value is -1.88. The smallest absolute Gasteiger partial charge is 0.306 e. The Balaban J connectivity index is 4.17. The minimum Gasteiger partial charge on any atom is -0.462 e. The van der Waals surface area contributed by atoms with Crippen molar-refractivity contribution >= 4 is 11.9 Å². The number of allylic oxidation sites excluding steroid dienone is 6. The molecular weight excluding hydrogens is 789 g/mol. The van der Waals surface area contributed by atoms with Crippen LogP contribution in [0.4, 0.5) is 0 Å². The van der Waals surface area contributed by atoms with E-state index in [1.165, 1.54) is 218 Å². The summed E-state index contributed by atoms with van der Waals surface area (Å²) in [6.45, 7) is 7.81. The highest BCUT2D eigenvalue weighted by molar-refractivity contribution is 5.70. The zero-order valence-electron chi connectivity index (χ0n) is 43.3. The summed E-state index contributed by atoms with van der Waals surface area (Å²) in [5, 5.41) is 0. The number of carbonyl (C=O) groups is 2. The van der Waals surface area contributed by atoms with Crippen molar-refractivity contribution in [2.75, 3.05) is 19.8 Å². The monoisotopic (exact) mass is 899 g/mol. The molecule has 5 nitrogen and oxygen atoms in total. The molecule has 0 amide bonds. The molecule has 5 heteroatoms. The Bertz CT molecular complexity index is 1020. The second kappa shape index (κ2) is 55.4. The van der Waals surface area contributed by atoms with Crippen LogP contribution in [0, 0.1) is 0 Å². The molecule has 1 atom stereocenters. The van der Waals surface area contributed by atoms with Gasteiger partial charge in [-0.15, -0.1) is 0 Å². The van der Waals surface area contributed by atoms with Gasteiger partial charge in [0.1, 0.15) is 6.61 Å². The maximum absolute atomic E-state index is 12.8. The van der Waals surface area contributed by atoms with Gasteiger partial charge in [0, 0.05) is 19.4 Å². The summed E-state index contributed by atoms with van der Waals surface area (Å²) in [4.78, 5) is 25.4. The fourth-order valence-corrected chi connectivity index (χ4v) is 8.35. The molecule has 0 bridgehead atoms. The van der Waals surface area contributed by atoms with Gasteiger partial charge in [-0.25, -0.2) is 0 Å². The highest BCUT2D eigenvalue weighted by atomic mass is 16.6. The van der Waals surface area contributed by atoms with Gasteiger partial charge in [-0.05, 0) is 70.6 Å². The predicted octanol–water partition coefficient (Wildman–Crippen LogP) is 19.4. The number of hydrogen-bond donors (Lipinski definition) is 0. The van der Waals surface area contributed by atoms with Crippen molar-refractivity contribution in [1.82, 2.24) is 0 Å². The molecule has 64 heavy (non-hydrogen) atoms. The lowest BCUT2D eigenvalue weighted by molar-refractivity contribution is -0.163. The summed E-state index contributed by atoms with van der Waals surface area (Å²) in [7, 11) is 0. The van der Waals surface area contributed by atoms with Crippen LogP contribution < -0.4 is 0 Å². The summed E-state index contributed by atoms with van der Waals surface area (Å²) in [6.07, 6.45) is 67.4. The van der Waals surface area contributed by atoms with Crippen molar-refractivity contribution < 1.29 is 23.8 Å². The van der Waals surface area contributed by atoms with Gasteiger partial charge in [0.25, 0.3) is 0 Å². The molecule has 1 unspecified atom stereocenters. The van der Waals surface area contributed by atoms with Crippen molar-refractivity contribution in [1.29, 1.82) is 0 Å². The molecule has 0 rings (SSSR count). The van der Waals surface area contributed by atoms with E-state index < -0.39 is 6.10 Å². The molecule has 0 aromatic heterocycles. The van der Waals surface area contributed by atoms with Gasteiger partial charge >= 0.3 is 11.9 Å². The lowest BCUT2D eigenvalue weighted by Crippen LogP contribution is -2.30. The molecule has 0 aromatic rings. The second-order valence-corrected chi connectivity index (χ2v) is 19.2. The van der Waals surface area contributed by atoms with E-state index in [1.807, 2.05) is 0 Å². The SMILES string of the molecule is CCCC/C=C\CCCCCCCC(=O)OC(COCCCCCCCCCCCCCCCCCCCC)COC(=O)CCCCCCCCCCC/C=C\C/C=C\CCCCC. The van der Waals surface area contributed by atoms with Gasteiger partial charge in [-0.1, -0.05) is 256 Å². The lowest BCUT2D eigenvalue weighted by Gasteiger charge is -2.18. The van der Waals surface area contributed by atoms with Crippen molar-refractivity contribution in [3.05, 3.63) is 36.5 Å². The standard InChI is InChI=1S/C59H110O5/c1-4-7-10-13-16-19-22-24-26-28-30-31-33-35-38-40-43-46-49-52-58(60)63-56-57(64-59(61)53-50-47-44-41-37-21-18-15-12-9-6-3)55-62-54-51-48-45-42-39-36-34-32-29-27-25-23-20-17-14-11-8-5-2/h15-16,18-19,24,26,57H,4-14,17,20-23,25,27-56H2,1-3H3/b18-15-,19-16-,26-24-. The molecule has 0 aliphatic rings. The minimum atomic E-state index is -0.537. The quantitative estimate of drug-likeness (QED) is 0.0346. The van der Waals surface area contributed by atoms with E-state index in [-0.39, 0.29) is 25.2 Å². The number of carbonyl (C=O) groups excluding carboxylic acids is 2. The number of hydrogen-bond acceptors (Lipinski definition) is 5. The normalized spacial score (nSPS) is 12.4. The van der Waals surface area contributed by atoms with Crippen LogP contribution in [0.1, 0.15) is 303 Å². The maximum atomic E-state index is 12.8. The molecule has 376 valence electrons. The second-order valence-electron chi connectivity index (χ2n) is 19.2. The average Bonchev–Trinajstić information content (AvgIpc) is 3.30. The number of ether oxygens (including phenoxy) is 3. The third kappa shape index (κ3) is 52.7. The van der Waals surface area contributed by atoms with E-state index in [0.29, 0.717) is 19.4 Å². The Kier molecular flexibility index (Phi) is 53.8. The highest BCUT2D eigenvalue weighted by Gasteiger charge is 2.17. The number of rotatable bonds is 53. The van der Waals surface area contributed by atoms with Crippen molar-refractivity contribution in [2.24, 2.45) is 0 Å². The topological polar surface area (TPSA) is 61.8 Å². The van der Waals surface area contributed by atoms with E-state index in [2.05, 4.69) is 57.2 Å². The van der Waals surface area contributed by atoms with Crippen molar-refractivity contribution in [3.8, 4) is 0 Å². The molecule has 0 fully saturated rings. The van der Waals surface area contributed by atoms with Crippen LogP contribution in [0.15, 0.2) is 36.5 Å². The average molecular weight is 900 g/mol. The summed E-state index contributed by atoms with van der Waals surface area (Å²) >= 11 is 0. The molecule has 0 radical (unpaired) electrons. The molecule has 0 heterocycles. The molecular formula is C59H110O5. The molecule has 0 spiro atoms.